The zero-order valence-corrected chi connectivity index (χ0v) is 9.12. The highest BCUT2D eigenvalue weighted by molar-refractivity contribution is 5.78. The highest BCUT2D eigenvalue weighted by Gasteiger charge is 2.47. The molecule has 1 aromatic rings. The Hall–Kier alpha value is -1.56. The first-order valence-electron chi connectivity index (χ1n) is 4.95. The molecule has 0 aliphatic rings. The molecule has 0 aliphatic heterocycles. The van der Waals surface area contributed by atoms with Crippen LogP contribution >= 0.6 is 0 Å². The Bertz CT molecular complexity index is 409. The fourth-order valence-electron chi connectivity index (χ4n) is 1.26. The summed E-state index contributed by atoms with van der Waals surface area (Å²) in [5, 5.41) is 0. The summed E-state index contributed by atoms with van der Waals surface area (Å²) < 4.78 is 44.1. The van der Waals surface area contributed by atoms with Crippen LogP contribution in [-0.4, -0.2) is 18.5 Å². The molecular weight excluding hydrogens is 235 g/mol. The highest BCUT2D eigenvalue weighted by atomic mass is 19.3. The Morgan fingerprint density at radius 3 is 2.71 bits per heavy atom. The van der Waals surface area contributed by atoms with Crippen molar-refractivity contribution in [1.29, 1.82) is 0 Å². The van der Waals surface area contributed by atoms with Crippen molar-refractivity contribution in [3.8, 4) is 0 Å². The zero-order chi connectivity index (χ0) is 13.1. The van der Waals surface area contributed by atoms with E-state index in [1.54, 1.807) is 0 Å². The number of alkyl halides is 2. The van der Waals surface area contributed by atoms with E-state index in [2.05, 4.69) is 4.74 Å². The number of rotatable bonds is 4. The molecule has 0 heterocycles. The quantitative estimate of drug-likeness (QED) is 0.828. The smallest absolute Gasteiger partial charge is 0.379 e. The van der Waals surface area contributed by atoms with E-state index in [-0.39, 0.29) is 12.2 Å². The van der Waals surface area contributed by atoms with Gasteiger partial charge in [0.25, 0.3) is 0 Å². The average molecular weight is 247 g/mol. The van der Waals surface area contributed by atoms with Crippen LogP contribution in [-0.2, 0) is 9.53 Å². The fourth-order valence-corrected chi connectivity index (χ4v) is 1.26. The third kappa shape index (κ3) is 2.97. The molecule has 0 radical (unpaired) electrons. The maximum absolute atomic E-state index is 13.5. The van der Waals surface area contributed by atoms with Gasteiger partial charge in [-0.3, -0.25) is 0 Å². The van der Waals surface area contributed by atoms with Gasteiger partial charge in [-0.2, -0.15) is 8.78 Å². The molecule has 17 heavy (non-hydrogen) atoms. The average Bonchev–Trinajstić information content (AvgIpc) is 2.28. The molecule has 3 nitrogen and oxygen atoms in total. The van der Waals surface area contributed by atoms with Crippen LogP contribution in [0.15, 0.2) is 24.3 Å². The van der Waals surface area contributed by atoms with Crippen LogP contribution in [0.5, 0.6) is 0 Å². The van der Waals surface area contributed by atoms with Crippen molar-refractivity contribution in [2.75, 3.05) is 6.61 Å². The summed E-state index contributed by atoms with van der Waals surface area (Å²) in [6, 6.07) is 2.49. The lowest BCUT2D eigenvalue weighted by atomic mass is 10.0. The van der Waals surface area contributed by atoms with E-state index in [1.165, 1.54) is 19.1 Å². The van der Waals surface area contributed by atoms with Crippen LogP contribution in [0.3, 0.4) is 0 Å². The van der Waals surface area contributed by atoms with Crippen LogP contribution in [0.4, 0.5) is 13.2 Å². The monoisotopic (exact) mass is 247 g/mol. The molecule has 0 saturated heterocycles. The van der Waals surface area contributed by atoms with Gasteiger partial charge in [0.05, 0.1) is 6.61 Å². The van der Waals surface area contributed by atoms with Crippen molar-refractivity contribution in [2.24, 2.45) is 5.73 Å². The molecule has 0 aromatic heterocycles. The summed E-state index contributed by atoms with van der Waals surface area (Å²) in [6.45, 7) is 1.23. The SMILES string of the molecule is CCOC(=O)C(F)(F)[C@H](N)c1cccc(F)c1. The zero-order valence-electron chi connectivity index (χ0n) is 9.12. The number of ether oxygens (including phenoxy) is 1. The molecule has 1 rings (SSSR count). The van der Waals surface area contributed by atoms with Gasteiger partial charge in [0.1, 0.15) is 11.9 Å². The minimum atomic E-state index is -3.89. The Balaban J connectivity index is 2.95. The number of esters is 1. The van der Waals surface area contributed by atoms with E-state index >= 15 is 0 Å². The van der Waals surface area contributed by atoms with Crippen LogP contribution in [0, 0.1) is 5.82 Å². The van der Waals surface area contributed by atoms with Crippen LogP contribution in [0.25, 0.3) is 0 Å². The molecule has 0 saturated carbocycles. The van der Waals surface area contributed by atoms with Gasteiger partial charge < -0.3 is 10.5 Å². The predicted molar refractivity (Wildman–Crippen MR) is 54.9 cm³/mol. The fraction of sp³-hybridized carbons (Fsp3) is 0.364. The number of hydrogen-bond acceptors (Lipinski definition) is 3. The number of halogens is 3. The molecule has 0 fully saturated rings. The lowest BCUT2D eigenvalue weighted by molar-refractivity contribution is -0.174. The van der Waals surface area contributed by atoms with Gasteiger partial charge in [-0.25, -0.2) is 9.18 Å². The first kappa shape index (κ1) is 13.5. The lowest BCUT2D eigenvalue weighted by Crippen LogP contribution is -2.41. The number of hydrogen-bond donors (Lipinski definition) is 1. The van der Waals surface area contributed by atoms with Gasteiger partial charge in [0.2, 0.25) is 0 Å². The third-order valence-corrected chi connectivity index (χ3v) is 2.15. The van der Waals surface area contributed by atoms with Gasteiger partial charge >= 0.3 is 11.9 Å². The van der Waals surface area contributed by atoms with Crippen molar-refractivity contribution >= 4 is 5.97 Å². The van der Waals surface area contributed by atoms with E-state index < -0.39 is 23.8 Å². The van der Waals surface area contributed by atoms with Crippen molar-refractivity contribution in [3.05, 3.63) is 35.6 Å². The van der Waals surface area contributed by atoms with E-state index in [0.29, 0.717) is 0 Å². The summed E-state index contributed by atoms with van der Waals surface area (Å²) in [6.07, 6.45) is 0. The molecule has 0 spiro atoms. The molecule has 0 bridgehead atoms. The standard InChI is InChI=1S/C11H12F3NO2/c1-2-17-10(16)11(13,14)9(15)7-4-3-5-8(12)6-7/h3-6,9H,2,15H2,1H3/t9-/m1/s1. The first-order valence-corrected chi connectivity index (χ1v) is 4.95. The lowest BCUT2D eigenvalue weighted by Gasteiger charge is -2.21. The van der Waals surface area contributed by atoms with Crippen molar-refractivity contribution < 1.29 is 22.7 Å². The molecule has 1 atom stereocenters. The highest BCUT2D eigenvalue weighted by Crippen LogP contribution is 2.30. The second-order valence-electron chi connectivity index (χ2n) is 3.38. The van der Waals surface area contributed by atoms with E-state index in [9.17, 15) is 18.0 Å². The summed E-state index contributed by atoms with van der Waals surface area (Å²) in [5.41, 5.74) is 5.09. The summed E-state index contributed by atoms with van der Waals surface area (Å²) in [4.78, 5) is 11.0. The molecule has 0 amide bonds. The molecule has 94 valence electrons. The van der Waals surface area contributed by atoms with Gasteiger partial charge in [-0.1, -0.05) is 12.1 Å². The second kappa shape index (κ2) is 5.18. The molecule has 0 aliphatic carbocycles. The second-order valence-corrected chi connectivity index (χ2v) is 3.38. The van der Waals surface area contributed by atoms with Gasteiger partial charge in [-0.15, -0.1) is 0 Å². The molecule has 0 unspecified atom stereocenters. The molecule has 2 N–H and O–H groups in total. The maximum atomic E-state index is 13.5. The van der Waals surface area contributed by atoms with E-state index in [0.717, 1.165) is 12.1 Å². The minimum absolute atomic E-state index is 0.164. The normalized spacial score (nSPS) is 13.2. The molecule has 6 heteroatoms. The number of carbonyl (C=O) groups is 1. The minimum Gasteiger partial charge on any atom is -0.462 e. The Morgan fingerprint density at radius 2 is 2.18 bits per heavy atom. The van der Waals surface area contributed by atoms with Gasteiger partial charge in [0, 0.05) is 0 Å². The van der Waals surface area contributed by atoms with Crippen molar-refractivity contribution in [1.82, 2.24) is 0 Å². The van der Waals surface area contributed by atoms with Gasteiger partial charge in [0.15, 0.2) is 0 Å². The molecule has 1 aromatic carbocycles. The Labute approximate surface area is 96.4 Å². The van der Waals surface area contributed by atoms with Crippen LogP contribution < -0.4 is 5.73 Å². The summed E-state index contributed by atoms with van der Waals surface area (Å²) in [5.74, 6) is -6.29. The van der Waals surface area contributed by atoms with E-state index in [4.69, 9.17) is 5.73 Å². The Kier molecular flexibility index (Phi) is 4.11. The Morgan fingerprint density at radius 1 is 1.53 bits per heavy atom. The number of benzene rings is 1. The maximum Gasteiger partial charge on any atom is 0.379 e. The van der Waals surface area contributed by atoms with E-state index in [1.807, 2.05) is 0 Å². The third-order valence-electron chi connectivity index (χ3n) is 2.15. The topological polar surface area (TPSA) is 52.3 Å². The predicted octanol–water partition coefficient (Wildman–Crippen LogP) is 2.02. The van der Waals surface area contributed by atoms with Crippen molar-refractivity contribution in [2.45, 2.75) is 18.9 Å². The van der Waals surface area contributed by atoms with Crippen LogP contribution in [0.2, 0.25) is 0 Å². The van der Waals surface area contributed by atoms with Crippen LogP contribution in [0.1, 0.15) is 18.5 Å². The largest absolute Gasteiger partial charge is 0.462 e. The number of nitrogens with two attached hydrogens (primary N) is 1. The first-order chi connectivity index (χ1) is 7.89. The summed E-state index contributed by atoms with van der Waals surface area (Å²) >= 11 is 0. The van der Waals surface area contributed by atoms with Crippen molar-refractivity contribution in [3.63, 3.8) is 0 Å². The number of carbonyl (C=O) groups excluding carboxylic acids is 1. The summed E-state index contributed by atoms with van der Waals surface area (Å²) in [7, 11) is 0. The molecular formula is C11H12F3NO2. The van der Waals surface area contributed by atoms with Gasteiger partial charge in [-0.05, 0) is 24.6 Å².